The lowest BCUT2D eigenvalue weighted by Gasteiger charge is -2.59. The molecule has 22 heavy (non-hydrogen) atoms. The first kappa shape index (κ1) is 13.0. The molecule has 4 bridgehead atoms. The molecule has 4 saturated carbocycles. The summed E-state index contributed by atoms with van der Waals surface area (Å²) in [5.41, 5.74) is -1.03. The summed E-state index contributed by atoms with van der Waals surface area (Å²) in [4.78, 5) is 13.6. The van der Waals surface area contributed by atoms with E-state index >= 15 is 0 Å². The molecule has 0 unspecified atom stereocenters. The average Bonchev–Trinajstić information content (AvgIpc) is 2.96. The maximum absolute atomic E-state index is 12.9. The molecule has 1 amide bonds. The van der Waals surface area contributed by atoms with Crippen molar-refractivity contribution in [1.82, 2.24) is 19.8 Å². The molecule has 2 N–H and O–H groups in total. The van der Waals surface area contributed by atoms with Crippen LogP contribution in [0.5, 0.6) is 0 Å². The van der Waals surface area contributed by atoms with Gasteiger partial charge < -0.3 is 10.4 Å². The third kappa shape index (κ3) is 1.77. The quantitative estimate of drug-likeness (QED) is 0.874. The van der Waals surface area contributed by atoms with Crippen LogP contribution in [0.25, 0.3) is 4.96 Å². The number of aliphatic hydroxyl groups is 1. The van der Waals surface area contributed by atoms with E-state index in [1.54, 1.807) is 4.52 Å². The molecule has 0 saturated heterocycles. The highest BCUT2D eigenvalue weighted by molar-refractivity contribution is 7.20. The molecule has 2 heterocycles. The van der Waals surface area contributed by atoms with Gasteiger partial charge in [0.25, 0.3) is 0 Å². The molecular weight excluding hydrogens is 302 g/mol. The van der Waals surface area contributed by atoms with Gasteiger partial charge in [-0.1, -0.05) is 11.3 Å². The molecule has 0 spiro atoms. The molecular formula is C14H17N5O2S. The van der Waals surface area contributed by atoms with E-state index in [1.165, 1.54) is 24.1 Å². The first-order chi connectivity index (χ1) is 10.5. The summed E-state index contributed by atoms with van der Waals surface area (Å²) >= 11 is 1.32. The van der Waals surface area contributed by atoms with Crippen molar-refractivity contribution < 1.29 is 9.90 Å². The van der Waals surface area contributed by atoms with Gasteiger partial charge in [-0.2, -0.15) is 4.52 Å². The lowest BCUT2D eigenvalue weighted by atomic mass is 9.47. The largest absolute Gasteiger partial charge is 0.390 e. The number of nitrogens with one attached hydrogen (secondary N) is 1. The maximum Gasteiger partial charge on any atom is 0.236 e. The molecule has 6 rings (SSSR count). The molecule has 4 fully saturated rings. The zero-order chi connectivity index (χ0) is 14.9. The van der Waals surface area contributed by atoms with Gasteiger partial charge in [0.2, 0.25) is 16.0 Å². The fraction of sp³-hybridized carbons (Fsp3) is 0.714. The second-order valence-electron chi connectivity index (χ2n) is 7.39. The molecule has 116 valence electrons. The Labute approximate surface area is 130 Å². The van der Waals surface area contributed by atoms with E-state index in [0.29, 0.717) is 28.3 Å². The third-order valence-electron chi connectivity index (χ3n) is 5.62. The molecule has 2 atom stereocenters. The van der Waals surface area contributed by atoms with Crippen LogP contribution in [0.1, 0.15) is 38.5 Å². The minimum Gasteiger partial charge on any atom is -0.390 e. The molecule has 7 nitrogen and oxygen atoms in total. The second kappa shape index (κ2) is 4.05. The van der Waals surface area contributed by atoms with Gasteiger partial charge in [0, 0.05) is 0 Å². The van der Waals surface area contributed by atoms with Gasteiger partial charge in [-0.05, 0) is 50.4 Å². The molecule has 4 aliphatic carbocycles. The highest BCUT2D eigenvalue weighted by Crippen LogP contribution is 2.61. The van der Waals surface area contributed by atoms with Gasteiger partial charge >= 0.3 is 0 Å². The van der Waals surface area contributed by atoms with E-state index in [9.17, 15) is 9.90 Å². The predicted molar refractivity (Wildman–Crippen MR) is 79.4 cm³/mol. The Bertz CT molecular complexity index is 726. The molecule has 4 aliphatic rings. The van der Waals surface area contributed by atoms with Gasteiger partial charge in [-0.15, -0.1) is 15.3 Å². The number of carbonyl (C=O) groups excluding carboxylic acids is 1. The summed E-state index contributed by atoms with van der Waals surface area (Å²) in [6.45, 7) is 0. The van der Waals surface area contributed by atoms with Crippen LogP contribution < -0.4 is 5.32 Å². The van der Waals surface area contributed by atoms with Gasteiger partial charge in [0.15, 0.2) is 0 Å². The number of hydrogen-bond donors (Lipinski definition) is 2. The number of fused-ring (bicyclic) bond motifs is 1. The van der Waals surface area contributed by atoms with Crippen molar-refractivity contribution in [3.05, 3.63) is 6.33 Å². The first-order valence-electron chi connectivity index (χ1n) is 7.74. The van der Waals surface area contributed by atoms with Crippen LogP contribution >= 0.6 is 11.3 Å². The lowest BCUT2D eigenvalue weighted by molar-refractivity contribution is -0.174. The standard InChI is InChI=1S/C14H17N5O2S/c20-10(16-11-18-19-7-15-17-12(19)22-11)13-2-8-1-9(3-13)5-14(21,4-8)6-13/h7-9,21H,1-6H2,(H,16,18,20)/t8-,9-,13?,14?/m0/s1. The SMILES string of the molecule is O=C(Nc1nn2cnnc2s1)C12C[C@@H]3C[C@H](CC(O)(C3)C1)C2. The van der Waals surface area contributed by atoms with Crippen LogP contribution in [-0.2, 0) is 4.79 Å². The van der Waals surface area contributed by atoms with Crippen LogP contribution in [0.15, 0.2) is 6.33 Å². The number of hydrogen-bond acceptors (Lipinski definition) is 6. The number of carbonyl (C=O) groups is 1. The molecule has 0 radical (unpaired) electrons. The van der Waals surface area contributed by atoms with Crippen molar-refractivity contribution in [2.75, 3.05) is 5.32 Å². The predicted octanol–water partition coefficient (Wildman–Crippen LogP) is 1.46. The molecule has 0 aromatic carbocycles. The van der Waals surface area contributed by atoms with E-state index in [4.69, 9.17) is 0 Å². The van der Waals surface area contributed by atoms with Gasteiger partial charge in [0.1, 0.15) is 6.33 Å². The van der Waals surface area contributed by atoms with Crippen LogP contribution in [0.2, 0.25) is 0 Å². The summed E-state index contributed by atoms with van der Waals surface area (Å²) in [6, 6.07) is 0. The lowest BCUT2D eigenvalue weighted by Crippen LogP contribution is -2.59. The summed E-state index contributed by atoms with van der Waals surface area (Å²) in [5, 5.41) is 26.2. The first-order valence-corrected chi connectivity index (χ1v) is 8.56. The Kier molecular flexibility index (Phi) is 2.38. The van der Waals surface area contributed by atoms with E-state index in [1.807, 2.05) is 0 Å². The number of nitrogens with zero attached hydrogens (tertiary/aromatic N) is 4. The topological polar surface area (TPSA) is 92.4 Å². The maximum atomic E-state index is 12.9. The Morgan fingerprint density at radius 2 is 2.14 bits per heavy atom. The van der Waals surface area contributed by atoms with Crippen LogP contribution in [0, 0.1) is 17.3 Å². The second-order valence-corrected chi connectivity index (χ2v) is 8.34. The summed E-state index contributed by atoms with van der Waals surface area (Å²) in [5.74, 6) is 1.01. The van der Waals surface area contributed by atoms with Crippen LogP contribution in [-0.4, -0.2) is 36.4 Å². The molecule has 8 heteroatoms. The normalized spacial score (nSPS) is 39.5. The zero-order valence-corrected chi connectivity index (χ0v) is 12.8. The van der Waals surface area contributed by atoms with E-state index in [-0.39, 0.29) is 5.91 Å². The van der Waals surface area contributed by atoms with Crippen LogP contribution in [0.4, 0.5) is 5.13 Å². The highest BCUT2D eigenvalue weighted by atomic mass is 32.1. The number of anilines is 1. The number of rotatable bonds is 2. The van der Waals surface area contributed by atoms with Crippen LogP contribution in [0.3, 0.4) is 0 Å². The third-order valence-corrected chi connectivity index (χ3v) is 6.45. The molecule has 0 aliphatic heterocycles. The summed E-state index contributed by atoms with van der Waals surface area (Å²) in [7, 11) is 0. The van der Waals surface area contributed by atoms with Crippen molar-refractivity contribution in [3.63, 3.8) is 0 Å². The Morgan fingerprint density at radius 3 is 2.82 bits per heavy atom. The fourth-order valence-electron chi connectivity index (χ4n) is 5.32. The Balaban J connectivity index is 1.43. The van der Waals surface area contributed by atoms with Crippen molar-refractivity contribution in [3.8, 4) is 0 Å². The summed E-state index contributed by atoms with van der Waals surface area (Å²) < 4.78 is 1.56. The van der Waals surface area contributed by atoms with Crippen molar-refractivity contribution in [1.29, 1.82) is 0 Å². The zero-order valence-electron chi connectivity index (χ0n) is 12.0. The monoisotopic (exact) mass is 319 g/mol. The van der Waals surface area contributed by atoms with Crippen molar-refractivity contribution in [2.45, 2.75) is 44.1 Å². The Hall–Kier alpha value is -1.54. The average molecular weight is 319 g/mol. The number of aromatic nitrogens is 4. The highest BCUT2D eigenvalue weighted by Gasteiger charge is 2.60. The van der Waals surface area contributed by atoms with Crippen molar-refractivity contribution >= 4 is 27.3 Å². The van der Waals surface area contributed by atoms with E-state index < -0.39 is 11.0 Å². The van der Waals surface area contributed by atoms with Crippen molar-refractivity contribution in [2.24, 2.45) is 17.3 Å². The molecule has 2 aromatic rings. The van der Waals surface area contributed by atoms with Gasteiger partial charge in [-0.25, -0.2) is 0 Å². The molecule has 2 aromatic heterocycles. The minimum absolute atomic E-state index is 0.0185. The van der Waals surface area contributed by atoms with E-state index in [2.05, 4.69) is 20.6 Å². The van der Waals surface area contributed by atoms with E-state index in [0.717, 1.165) is 25.7 Å². The summed E-state index contributed by atoms with van der Waals surface area (Å²) in [6.07, 6.45) is 6.85. The van der Waals surface area contributed by atoms with Gasteiger partial charge in [-0.3, -0.25) is 4.79 Å². The minimum atomic E-state index is -0.622. The fourth-order valence-corrected chi connectivity index (χ4v) is 6.03. The Morgan fingerprint density at radius 1 is 1.36 bits per heavy atom. The number of amides is 1. The smallest absolute Gasteiger partial charge is 0.236 e. The van der Waals surface area contributed by atoms with Gasteiger partial charge in [0.05, 0.1) is 11.0 Å².